The van der Waals surface area contributed by atoms with Gasteiger partial charge in [0, 0.05) is 19.7 Å². The fraction of sp³-hybridized carbons (Fsp3) is 0.933. The van der Waals surface area contributed by atoms with Gasteiger partial charge >= 0.3 is 6.03 Å². The molecule has 5 nitrogen and oxygen atoms in total. The Morgan fingerprint density at radius 3 is 2.90 bits per heavy atom. The molecule has 0 aromatic carbocycles. The van der Waals surface area contributed by atoms with Crippen LogP contribution in [0.15, 0.2) is 0 Å². The first-order valence-corrected chi connectivity index (χ1v) is 8.02. The zero-order valence-electron chi connectivity index (χ0n) is 12.2. The van der Waals surface area contributed by atoms with Crippen LogP contribution in [-0.4, -0.2) is 56.0 Å². The van der Waals surface area contributed by atoms with Gasteiger partial charge in [-0.2, -0.15) is 0 Å². The van der Waals surface area contributed by atoms with E-state index in [-0.39, 0.29) is 11.6 Å². The summed E-state index contributed by atoms with van der Waals surface area (Å²) >= 11 is 0. The number of hydrogen-bond donors (Lipinski definition) is 1. The maximum absolute atomic E-state index is 12.2. The molecule has 0 aromatic heterocycles. The Morgan fingerprint density at radius 1 is 1.35 bits per heavy atom. The molecule has 3 fully saturated rings. The second-order valence-electron chi connectivity index (χ2n) is 6.41. The molecule has 0 unspecified atom stereocenters. The molecule has 2 aliphatic carbocycles. The molecular formula is C15H26N2O3. The number of rotatable bonds is 5. The van der Waals surface area contributed by atoms with Crippen molar-refractivity contribution in [2.24, 2.45) is 5.92 Å². The highest BCUT2D eigenvalue weighted by Crippen LogP contribution is 2.35. The van der Waals surface area contributed by atoms with Crippen molar-refractivity contribution in [1.82, 2.24) is 10.2 Å². The van der Waals surface area contributed by atoms with E-state index < -0.39 is 0 Å². The fourth-order valence-electron chi connectivity index (χ4n) is 3.22. The van der Waals surface area contributed by atoms with Crippen LogP contribution in [-0.2, 0) is 9.47 Å². The molecule has 1 spiro atoms. The van der Waals surface area contributed by atoms with E-state index in [0.717, 1.165) is 31.9 Å². The summed E-state index contributed by atoms with van der Waals surface area (Å²) in [6, 6.07) is 0.0367. The highest BCUT2D eigenvalue weighted by molar-refractivity contribution is 5.74. The Morgan fingerprint density at radius 2 is 2.15 bits per heavy atom. The largest absolute Gasteiger partial charge is 0.379 e. The number of urea groups is 1. The van der Waals surface area contributed by atoms with Crippen LogP contribution in [0, 0.1) is 5.92 Å². The molecule has 1 aliphatic heterocycles. The van der Waals surface area contributed by atoms with Crippen LogP contribution in [0.2, 0.25) is 0 Å². The van der Waals surface area contributed by atoms with Gasteiger partial charge in [0.2, 0.25) is 0 Å². The summed E-state index contributed by atoms with van der Waals surface area (Å²) in [6.07, 6.45) is 7.27. The van der Waals surface area contributed by atoms with E-state index in [1.807, 2.05) is 4.90 Å². The van der Waals surface area contributed by atoms with Gasteiger partial charge in [-0.05, 0) is 31.6 Å². The molecule has 0 radical (unpaired) electrons. The summed E-state index contributed by atoms with van der Waals surface area (Å²) in [5.74, 6) is 0.784. The van der Waals surface area contributed by atoms with Crippen molar-refractivity contribution < 1.29 is 14.3 Å². The van der Waals surface area contributed by atoms with Crippen LogP contribution in [0.5, 0.6) is 0 Å². The average Bonchev–Trinajstić information content (AvgIpc) is 3.19. The highest BCUT2D eigenvalue weighted by atomic mass is 16.5. The maximum atomic E-state index is 12.2. The van der Waals surface area contributed by atoms with Crippen LogP contribution in [0.25, 0.3) is 0 Å². The van der Waals surface area contributed by atoms with Gasteiger partial charge < -0.3 is 19.7 Å². The van der Waals surface area contributed by atoms with E-state index in [0.29, 0.717) is 26.3 Å². The number of hydrogen-bond acceptors (Lipinski definition) is 3. The lowest BCUT2D eigenvalue weighted by Gasteiger charge is -2.40. The van der Waals surface area contributed by atoms with Crippen LogP contribution < -0.4 is 5.32 Å². The topological polar surface area (TPSA) is 50.8 Å². The number of nitrogens with zero attached hydrogens (tertiary/aromatic N) is 1. The molecule has 1 heterocycles. The standard InChI is InChI=1S/C15H26N2O3/c18-14(16-7-9-19-11-13-3-4-13)17-8-10-20-15(12-17)5-1-2-6-15/h13H,1-12H2,(H,16,18). The molecule has 0 bridgehead atoms. The lowest BCUT2D eigenvalue weighted by atomic mass is 10.00. The number of carbonyl (C=O) groups is 1. The predicted molar refractivity (Wildman–Crippen MR) is 75.7 cm³/mol. The Balaban J connectivity index is 1.35. The zero-order chi connectivity index (χ0) is 13.8. The van der Waals surface area contributed by atoms with Crippen molar-refractivity contribution in [2.45, 2.75) is 44.1 Å². The molecule has 3 rings (SSSR count). The van der Waals surface area contributed by atoms with E-state index in [2.05, 4.69) is 5.32 Å². The zero-order valence-corrected chi connectivity index (χ0v) is 12.2. The lowest BCUT2D eigenvalue weighted by Crippen LogP contribution is -2.55. The second-order valence-corrected chi connectivity index (χ2v) is 6.41. The van der Waals surface area contributed by atoms with E-state index in [4.69, 9.17) is 9.47 Å². The van der Waals surface area contributed by atoms with Crippen molar-refractivity contribution in [3.05, 3.63) is 0 Å². The van der Waals surface area contributed by atoms with E-state index in [1.54, 1.807) is 0 Å². The Bertz CT molecular complexity index is 338. The first-order valence-electron chi connectivity index (χ1n) is 8.02. The lowest BCUT2D eigenvalue weighted by molar-refractivity contribution is -0.0926. The number of carbonyl (C=O) groups excluding carboxylic acids is 1. The summed E-state index contributed by atoms with van der Waals surface area (Å²) in [7, 11) is 0. The average molecular weight is 282 g/mol. The predicted octanol–water partition coefficient (Wildman–Crippen LogP) is 1.77. The summed E-state index contributed by atoms with van der Waals surface area (Å²) in [5.41, 5.74) is -0.0436. The van der Waals surface area contributed by atoms with E-state index in [1.165, 1.54) is 25.7 Å². The minimum Gasteiger partial charge on any atom is -0.379 e. The minimum atomic E-state index is -0.0436. The second kappa shape index (κ2) is 6.31. The third-order valence-electron chi connectivity index (χ3n) is 4.62. The molecule has 0 aromatic rings. The smallest absolute Gasteiger partial charge is 0.317 e. The van der Waals surface area contributed by atoms with Gasteiger partial charge in [0.05, 0.1) is 25.4 Å². The van der Waals surface area contributed by atoms with Gasteiger partial charge in [-0.1, -0.05) is 12.8 Å². The van der Waals surface area contributed by atoms with Crippen molar-refractivity contribution in [2.75, 3.05) is 39.5 Å². The van der Waals surface area contributed by atoms with Crippen LogP contribution in [0.1, 0.15) is 38.5 Å². The number of ether oxygens (including phenoxy) is 2. The molecule has 1 N–H and O–H groups in total. The van der Waals surface area contributed by atoms with Gasteiger partial charge in [0.25, 0.3) is 0 Å². The van der Waals surface area contributed by atoms with E-state index in [9.17, 15) is 4.79 Å². The summed E-state index contributed by atoms with van der Waals surface area (Å²) < 4.78 is 11.5. The SMILES string of the molecule is O=C(NCCOCC1CC1)N1CCOC2(CCCC2)C1. The third kappa shape index (κ3) is 3.64. The maximum Gasteiger partial charge on any atom is 0.317 e. The molecule has 1 saturated heterocycles. The summed E-state index contributed by atoms with van der Waals surface area (Å²) in [5, 5.41) is 2.96. The van der Waals surface area contributed by atoms with Gasteiger partial charge in [-0.15, -0.1) is 0 Å². The van der Waals surface area contributed by atoms with Gasteiger partial charge in [-0.3, -0.25) is 0 Å². The molecule has 20 heavy (non-hydrogen) atoms. The number of morpholine rings is 1. The third-order valence-corrected chi connectivity index (χ3v) is 4.62. The van der Waals surface area contributed by atoms with Gasteiger partial charge in [0.1, 0.15) is 0 Å². The van der Waals surface area contributed by atoms with Crippen molar-refractivity contribution in [3.63, 3.8) is 0 Å². The first-order chi connectivity index (χ1) is 9.77. The minimum absolute atomic E-state index is 0.0367. The van der Waals surface area contributed by atoms with Crippen LogP contribution in [0.3, 0.4) is 0 Å². The van der Waals surface area contributed by atoms with E-state index >= 15 is 0 Å². The fourth-order valence-corrected chi connectivity index (χ4v) is 3.22. The molecule has 5 heteroatoms. The Hall–Kier alpha value is -0.810. The quantitative estimate of drug-likeness (QED) is 0.782. The first kappa shape index (κ1) is 14.1. The molecular weight excluding hydrogens is 256 g/mol. The Labute approximate surface area is 121 Å². The van der Waals surface area contributed by atoms with Gasteiger partial charge in [0.15, 0.2) is 0 Å². The van der Waals surface area contributed by atoms with Gasteiger partial charge in [-0.25, -0.2) is 4.79 Å². The number of amides is 2. The van der Waals surface area contributed by atoms with Crippen molar-refractivity contribution >= 4 is 6.03 Å². The normalized spacial score (nSPS) is 25.1. The summed E-state index contributed by atoms with van der Waals surface area (Å²) in [6.45, 7) is 4.22. The summed E-state index contributed by atoms with van der Waals surface area (Å²) in [4.78, 5) is 14.1. The van der Waals surface area contributed by atoms with Crippen LogP contribution >= 0.6 is 0 Å². The van der Waals surface area contributed by atoms with Crippen molar-refractivity contribution in [3.8, 4) is 0 Å². The molecule has 2 amide bonds. The highest BCUT2D eigenvalue weighted by Gasteiger charge is 2.40. The molecule has 2 saturated carbocycles. The monoisotopic (exact) mass is 282 g/mol. The van der Waals surface area contributed by atoms with Crippen molar-refractivity contribution in [1.29, 1.82) is 0 Å². The Kier molecular flexibility index (Phi) is 4.46. The molecule has 3 aliphatic rings. The molecule has 0 atom stereocenters. The molecule has 114 valence electrons. The van der Waals surface area contributed by atoms with Crippen LogP contribution in [0.4, 0.5) is 4.79 Å². The number of nitrogens with one attached hydrogen (secondary N) is 1.